The lowest BCUT2D eigenvalue weighted by Crippen LogP contribution is -2.18. The Morgan fingerprint density at radius 2 is 1.88 bits per heavy atom. The van der Waals surface area contributed by atoms with Gasteiger partial charge < -0.3 is 4.18 Å². The highest BCUT2D eigenvalue weighted by molar-refractivity contribution is 7.85. The molecule has 1 heterocycles. The Balaban J connectivity index is 2.40. The number of hydrogen-bond acceptors (Lipinski definition) is 4. The van der Waals surface area contributed by atoms with Crippen molar-refractivity contribution in [2.24, 2.45) is 0 Å². The van der Waals surface area contributed by atoms with Gasteiger partial charge in [-0.25, -0.2) is 8.96 Å². The number of benzene rings is 1. The number of hydrogen-bond donors (Lipinski definition) is 0. The molecule has 0 fully saturated rings. The molecule has 0 saturated heterocycles. The first kappa shape index (κ1) is 11.7. The van der Waals surface area contributed by atoms with Crippen LogP contribution in [0.5, 0.6) is 5.75 Å². The summed E-state index contributed by atoms with van der Waals surface area (Å²) in [6.07, 6.45) is 3.89. The maximum absolute atomic E-state index is 11.9. The summed E-state index contributed by atoms with van der Waals surface area (Å²) in [5.41, 5.74) is 1.54. The summed E-state index contributed by atoms with van der Waals surface area (Å²) in [6.45, 7) is 3.59. The van der Waals surface area contributed by atoms with Crippen LogP contribution in [-0.4, -0.2) is 17.4 Å². The Kier molecular flexibility index (Phi) is 2.89. The normalized spacial score (nSPS) is 11.4. The quantitative estimate of drug-likeness (QED) is 0.833. The smallest absolute Gasteiger partial charge is 0.366 e. The molecule has 1 aromatic carbocycles. The molecule has 0 bridgehead atoms. The number of aromatic nitrogens is 2. The van der Waals surface area contributed by atoms with Gasteiger partial charge in [-0.1, -0.05) is 18.2 Å². The van der Waals surface area contributed by atoms with E-state index in [4.69, 9.17) is 4.18 Å². The van der Waals surface area contributed by atoms with E-state index in [-0.39, 0.29) is 0 Å². The lowest BCUT2D eigenvalue weighted by molar-refractivity contribution is 0.472. The molecule has 0 radical (unpaired) electrons. The molecular weight excluding hydrogens is 240 g/mol. The van der Waals surface area contributed by atoms with E-state index < -0.39 is 10.3 Å². The van der Waals surface area contributed by atoms with Crippen LogP contribution in [0.4, 0.5) is 0 Å². The van der Waals surface area contributed by atoms with Gasteiger partial charge in [0, 0.05) is 12.4 Å². The molecule has 2 aromatic rings. The first-order chi connectivity index (χ1) is 8.00. The number of rotatable bonds is 3. The standard InChI is InChI=1S/C11H12N2O3S/c1-9-4-3-5-10(2)11(9)16-17(14,15)13-7-6-12-8-13/h3-8H,1-2H3. The van der Waals surface area contributed by atoms with Crippen LogP contribution in [0.2, 0.25) is 0 Å². The van der Waals surface area contributed by atoms with Crippen LogP contribution in [0.1, 0.15) is 11.1 Å². The van der Waals surface area contributed by atoms with E-state index in [0.29, 0.717) is 5.75 Å². The number of aryl methyl sites for hydroxylation is 2. The van der Waals surface area contributed by atoms with Gasteiger partial charge in [0.15, 0.2) is 0 Å². The molecule has 6 heteroatoms. The molecule has 0 aliphatic carbocycles. The van der Waals surface area contributed by atoms with Crippen LogP contribution in [0.3, 0.4) is 0 Å². The fourth-order valence-corrected chi connectivity index (χ4v) is 2.39. The van der Waals surface area contributed by atoms with Crippen LogP contribution in [0.25, 0.3) is 0 Å². The van der Waals surface area contributed by atoms with Gasteiger partial charge in [0.1, 0.15) is 12.1 Å². The lowest BCUT2D eigenvalue weighted by Gasteiger charge is -2.11. The third-order valence-corrected chi connectivity index (χ3v) is 3.45. The van der Waals surface area contributed by atoms with Gasteiger partial charge in [0.05, 0.1) is 0 Å². The van der Waals surface area contributed by atoms with Gasteiger partial charge in [-0.2, -0.15) is 8.42 Å². The molecule has 0 amide bonds. The monoisotopic (exact) mass is 252 g/mol. The maximum Gasteiger partial charge on any atom is 0.414 e. The van der Waals surface area contributed by atoms with Crippen molar-refractivity contribution in [3.8, 4) is 5.75 Å². The van der Waals surface area contributed by atoms with Crippen molar-refractivity contribution < 1.29 is 12.6 Å². The van der Waals surface area contributed by atoms with Crippen LogP contribution in [0, 0.1) is 13.8 Å². The molecule has 2 rings (SSSR count). The highest BCUT2D eigenvalue weighted by atomic mass is 32.2. The molecule has 0 N–H and O–H groups in total. The Hall–Kier alpha value is -1.82. The second-order valence-corrected chi connectivity index (χ2v) is 5.10. The van der Waals surface area contributed by atoms with Gasteiger partial charge in [0.25, 0.3) is 0 Å². The zero-order valence-electron chi connectivity index (χ0n) is 9.49. The molecule has 1 aromatic heterocycles. The van der Waals surface area contributed by atoms with Gasteiger partial charge >= 0.3 is 10.3 Å². The number of imidazole rings is 1. The first-order valence-electron chi connectivity index (χ1n) is 5.00. The fraction of sp³-hybridized carbons (Fsp3) is 0.182. The van der Waals surface area contributed by atoms with Crippen molar-refractivity contribution in [1.82, 2.24) is 8.96 Å². The molecule has 17 heavy (non-hydrogen) atoms. The highest BCUT2D eigenvalue weighted by Crippen LogP contribution is 2.24. The molecule has 0 aliphatic heterocycles. The molecule has 0 unspecified atom stereocenters. The average molecular weight is 252 g/mol. The summed E-state index contributed by atoms with van der Waals surface area (Å²) in [6, 6.07) is 5.44. The largest absolute Gasteiger partial charge is 0.414 e. The third kappa shape index (κ3) is 2.31. The lowest BCUT2D eigenvalue weighted by atomic mass is 10.1. The van der Waals surface area contributed by atoms with Gasteiger partial charge in [-0.15, -0.1) is 0 Å². The Morgan fingerprint density at radius 1 is 1.24 bits per heavy atom. The number of nitrogens with zero attached hydrogens (tertiary/aromatic N) is 2. The van der Waals surface area contributed by atoms with E-state index in [2.05, 4.69) is 4.98 Å². The minimum Gasteiger partial charge on any atom is -0.366 e. The van der Waals surface area contributed by atoms with Gasteiger partial charge in [0.2, 0.25) is 0 Å². The van der Waals surface area contributed by atoms with Crippen LogP contribution in [0.15, 0.2) is 36.9 Å². The van der Waals surface area contributed by atoms with E-state index in [0.717, 1.165) is 15.1 Å². The van der Waals surface area contributed by atoms with Crippen molar-refractivity contribution in [2.75, 3.05) is 0 Å². The number of para-hydroxylation sites is 1. The Labute approximate surface area is 99.9 Å². The summed E-state index contributed by atoms with van der Waals surface area (Å²) >= 11 is 0. The van der Waals surface area contributed by atoms with E-state index >= 15 is 0 Å². The predicted molar refractivity (Wildman–Crippen MR) is 63.1 cm³/mol. The molecule has 0 aliphatic rings. The highest BCUT2D eigenvalue weighted by Gasteiger charge is 2.17. The van der Waals surface area contributed by atoms with Crippen molar-refractivity contribution >= 4 is 10.3 Å². The van der Waals surface area contributed by atoms with Crippen molar-refractivity contribution in [1.29, 1.82) is 0 Å². The third-order valence-electron chi connectivity index (χ3n) is 2.34. The zero-order chi connectivity index (χ0) is 12.5. The summed E-state index contributed by atoms with van der Waals surface area (Å²) in [5, 5.41) is 0. The van der Waals surface area contributed by atoms with Gasteiger partial charge in [-0.05, 0) is 25.0 Å². The van der Waals surface area contributed by atoms with Crippen molar-refractivity contribution in [2.45, 2.75) is 13.8 Å². The van der Waals surface area contributed by atoms with Crippen molar-refractivity contribution in [3.05, 3.63) is 48.0 Å². The SMILES string of the molecule is Cc1cccc(C)c1OS(=O)(=O)n1ccnc1. The summed E-state index contributed by atoms with van der Waals surface area (Å²) in [4.78, 5) is 3.68. The molecule has 0 spiro atoms. The molecule has 5 nitrogen and oxygen atoms in total. The first-order valence-corrected chi connectivity index (χ1v) is 6.36. The Bertz CT molecular complexity index is 598. The van der Waals surface area contributed by atoms with E-state index in [9.17, 15) is 8.42 Å². The van der Waals surface area contributed by atoms with Crippen LogP contribution >= 0.6 is 0 Å². The summed E-state index contributed by atoms with van der Waals surface area (Å²) < 4.78 is 29.8. The van der Waals surface area contributed by atoms with E-state index in [1.165, 1.54) is 18.7 Å². The zero-order valence-corrected chi connectivity index (χ0v) is 10.3. The minimum atomic E-state index is -3.86. The van der Waals surface area contributed by atoms with Gasteiger partial charge in [-0.3, -0.25) is 0 Å². The second kappa shape index (κ2) is 4.21. The van der Waals surface area contributed by atoms with E-state index in [1.54, 1.807) is 26.0 Å². The summed E-state index contributed by atoms with van der Waals surface area (Å²) in [5.74, 6) is 0.362. The Morgan fingerprint density at radius 3 is 2.41 bits per heavy atom. The maximum atomic E-state index is 11.9. The fourth-order valence-electron chi connectivity index (χ4n) is 1.46. The van der Waals surface area contributed by atoms with E-state index in [1.807, 2.05) is 6.07 Å². The second-order valence-electron chi connectivity index (χ2n) is 3.65. The minimum absolute atomic E-state index is 0.362. The molecule has 90 valence electrons. The predicted octanol–water partition coefficient (Wildman–Crippen LogP) is 1.67. The molecule has 0 saturated carbocycles. The topological polar surface area (TPSA) is 61.2 Å². The molecular formula is C11H12N2O3S. The average Bonchev–Trinajstić information content (AvgIpc) is 2.77. The van der Waals surface area contributed by atoms with Crippen LogP contribution in [-0.2, 0) is 10.3 Å². The van der Waals surface area contributed by atoms with Crippen molar-refractivity contribution in [3.63, 3.8) is 0 Å². The van der Waals surface area contributed by atoms with Crippen LogP contribution < -0.4 is 4.18 Å². The molecule has 0 atom stereocenters. The summed E-state index contributed by atoms with van der Waals surface area (Å²) in [7, 11) is -3.86.